The molecule has 0 spiro atoms. The van der Waals surface area contributed by atoms with E-state index in [1.165, 1.54) is 18.3 Å². The quantitative estimate of drug-likeness (QED) is 0.722. The molecule has 0 fully saturated rings. The molecule has 2 rings (SSSR count). The molecule has 0 aliphatic rings. The van der Waals surface area contributed by atoms with Gasteiger partial charge in [-0.05, 0) is 49.1 Å². The van der Waals surface area contributed by atoms with Crippen molar-refractivity contribution in [2.45, 2.75) is 46.1 Å². The minimum absolute atomic E-state index is 0.0254. The summed E-state index contributed by atoms with van der Waals surface area (Å²) in [5.74, 6) is -1.45. The van der Waals surface area contributed by atoms with Crippen LogP contribution in [0.5, 0.6) is 0 Å². The highest BCUT2D eigenvalue weighted by atomic mass is 32.1. The van der Waals surface area contributed by atoms with E-state index in [0.29, 0.717) is 10.6 Å². The van der Waals surface area contributed by atoms with Gasteiger partial charge < -0.3 is 15.4 Å². The molecule has 1 aromatic carbocycles. The summed E-state index contributed by atoms with van der Waals surface area (Å²) in [4.78, 5) is 37.6. The maximum Gasteiger partial charge on any atom is 0.326 e. The van der Waals surface area contributed by atoms with E-state index in [1.807, 2.05) is 37.3 Å². The summed E-state index contributed by atoms with van der Waals surface area (Å²) in [5.41, 5.74) is 1.81. The smallest absolute Gasteiger partial charge is 0.326 e. The summed E-state index contributed by atoms with van der Waals surface area (Å²) < 4.78 is 5.09. The number of carbonyl (C=O) groups excluding carboxylic acids is 3. The predicted octanol–water partition coefficient (Wildman–Crippen LogP) is 3.65. The number of esters is 1. The van der Waals surface area contributed by atoms with Gasteiger partial charge in [-0.2, -0.15) is 0 Å². The second kappa shape index (κ2) is 9.01. The first kappa shape index (κ1) is 21.6. The van der Waals surface area contributed by atoms with E-state index < -0.39 is 18.0 Å². The van der Waals surface area contributed by atoms with Crippen molar-refractivity contribution in [2.24, 2.45) is 0 Å². The van der Waals surface area contributed by atoms with Crippen LogP contribution in [0.25, 0.3) is 0 Å². The average Bonchev–Trinajstić information content (AvgIpc) is 3.05. The zero-order valence-corrected chi connectivity index (χ0v) is 17.6. The van der Waals surface area contributed by atoms with Crippen LogP contribution in [0.2, 0.25) is 0 Å². The highest BCUT2D eigenvalue weighted by Crippen LogP contribution is 2.23. The van der Waals surface area contributed by atoms with Crippen LogP contribution >= 0.6 is 11.3 Å². The Bertz CT molecular complexity index is 850. The number of rotatable bonds is 6. The van der Waals surface area contributed by atoms with E-state index in [-0.39, 0.29) is 17.9 Å². The molecule has 1 heterocycles. The Morgan fingerprint density at radius 2 is 1.71 bits per heavy atom. The van der Waals surface area contributed by atoms with Crippen molar-refractivity contribution in [2.75, 3.05) is 11.9 Å². The minimum Gasteiger partial charge on any atom is -0.451 e. The van der Waals surface area contributed by atoms with Crippen molar-refractivity contribution >= 4 is 34.8 Å². The summed E-state index contributed by atoms with van der Waals surface area (Å²) in [5, 5.41) is 5.21. The Morgan fingerprint density at radius 1 is 1.07 bits per heavy atom. The third-order valence-corrected chi connectivity index (χ3v) is 5.05. The molecule has 150 valence electrons. The molecule has 28 heavy (non-hydrogen) atoms. The minimum atomic E-state index is -0.976. The van der Waals surface area contributed by atoms with Crippen molar-refractivity contribution in [1.82, 2.24) is 5.32 Å². The topological polar surface area (TPSA) is 84.5 Å². The first-order chi connectivity index (χ1) is 13.1. The number of ether oxygens (including phenoxy) is 1. The van der Waals surface area contributed by atoms with E-state index in [1.54, 1.807) is 6.07 Å². The second-order valence-corrected chi connectivity index (χ2v) is 8.83. The Morgan fingerprint density at radius 3 is 2.25 bits per heavy atom. The molecule has 0 aliphatic heterocycles. The molecule has 1 aromatic heterocycles. The summed E-state index contributed by atoms with van der Waals surface area (Å²) in [7, 11) is 0. The number of carbonyl (C=O) groups is 3. The van der Waals surface area contributed by atoms with Crippen LogP contribution in [0, 0.1) is 6.92 Å². The van der Waals surface area contributed by atoms with Crippen molar-refractivity contribution < 1.29 is 19.1 Å². The van der Waals surface area contributed by atoms with E-state index in [9.17, 15) is 14.4 Å². The molecule has 0 radical (unpaired) electrons. The SMILES string of the molecule is Cc1ccc(C(=O)NCC(=O)OC(C)C(=O)Nc2ccc(C(C)(C)C)cc2)s1. The Balaban J connectivity index is 1.81. The fraction of sp³-hybridized carbons (Fsp3) is 0.381. The van der Waals surface area contributed by atoms with Crippen LogP contribution in [-0.4, -0.2) is 30.4 Å². The van der Waals surface area contributed by atoms with Gasteiger partial charge >= 0.3 is 5.97 Å². The lowest BCUT2D eigenvalue weighted by atomic mass is 9.87. The predicted molar refractivity (Wildman–Crippen MR) is 111 cm³/mol. The Hall–Kier alpha value is -2.67. The zero-order valence-electron chi connectivity index (χ0n) is 16.8. The van der Waals surface area contributed by atoms with Crippen LogP contribution in [-0.2, 0) is 19.7 Å². The van der Waals surface area contributed by atoms with Gasteiger partial charge in [0.25, 0.3) is 11.8 Å². The largest absolute Gasteiger partial charge is 0.451 e. The lowest BCUT2D eigenvalue weighted by molar-refractivity contribution is -0.152. The van der Waals surface area contributed by atoms with Gasteiger partial charge in [0, 0.05) is 10.6 Å². The van der Waals surface area contributed by atoms with E-state index in [2.05, 4.69) is 31.4 Å². The number of aryl methyl sites for hydroxylation is 1. The van der Waals surface area contributed by atoms with Crippen molar-refractivity contribution in [3.8, 4) is 0 Å². The first-order valence-corrected chi connectivity index (χ1v) is 9.83. The van der Waals surface area contributed by atoms with Crippen LogP contribution in [0.1, 0.15) is 47.8 Å². The second-order valence-electron chi connectivity index (χ2n) is 7.54. The molecule has 2 aromatic rings. The molecule has 0 bridgehead atoms. The zero-order chi connectivity index (χ0) is 20.9. The van der Waals surface area contributed by atoms with E-state index >= 15 is 0 Å². The van der Waals surface area contributed by atoms with Gasteiger partial charge in [0.05, 0.1) is 4.88 Å². The summed E-state index contributed by atoms with van der Waals surface area (Å²) in [6.45, 7) is 9.42. The van der Waals surface area contributed by atoms with Crippen LogP contribution in [0.15, 0.2) is 36.4 Å². The van der Waals surface area contributed by atoms with E-state index in [0.717, 1.165) is 10.4 Å². The molecular formula is C21H26N2O4S. The summed E-state index contributed by atoms with van der Waals surface area (Å²) in [6, 6.07) is 11.1. The van der Waals surface area contributed by atoms with Crippen LogP contribution < -0.4 is 10.6 Å². The van der Waals surface area contributed by atoms with E-state index in [4.69, 9.17) is 4.74 Å². The number of amides is 2. The van der Waals surface area contributed by atoms with Crippen molar-refractivity contribution in [3.63, 3.8) is 0 Å². The highest BCUT2D eigenvalue weighted by Gasteiger charge is 2.19. The fourth-order valence-electron chi connectivity index (χ4n) is 2.39. The Labute approximate surface area is 169 Å². The normalized spacial score (nSPS) is 12.2. The maximum absolute atomic E-state index is 12.2. The van der Waals surface area contributed by atoms with Gasteiger partial charge in [-0.25, -0.2) is 0 Å². The van der Waals surface area contributed by atoms with Crippen LogP contribution in [0.3, 0.4) is 0 Å². The fourth-order valence-corrected chi connectivity index (χ4v) is 3.17. The number of benzene rings is 1. The van der Waals surface area contributed by atoms with Gasteiger partial charge in [0.2, 0.25) is 0 Å². The van der Waals surface area contributed by atoms with Gasteiger partial charge in [0.1, 0.15) is 6.54 Å². The molecule has 1 atom stereocenters. The number of anilines is 1. The number of hydrogen-bond donors (Lipinski definition) is 2. The molecule has 2 amide bonds. The third kappa shape index (κ3) is 6.20. The maximum atomic E-state index is 12.2. The molecule has 0 aliphatic carbocycles. The van der Waals surface area contributed by atoms with Gasteiger partial charge in [-0.3, -0.25) is 14.4 Å². The lowest BCUT2D eigenvalue weighted by Gasteiger charge is -2.19. The first-order valence-electron chi connectivity index (χ1n) is 9.02. The summed E-state index contributed by atoms with van der Waals surface area (Å²) in [6.07, 6.45) is -0.976. The summed E-state index contributed by atoms with van der Waals surface area (Å²) >= 11 is 1.34. The number of hydrogen-bond acceptors (Lipinski definition) is 5. The standard InChI is InChI=1S/C21H26N2O4S/c1-13-6-11-17(28-13)20(26)22-12-18(24)27-14(2)19(25)23-16-9-7-15(8-10-16)21(3,4)5/h6-11,14H,12H2,1-5H3,(H,22,26)(H,23,25). The molecule has 6 nitrogen and oxygen atoms in total. The molecule has 0 saturated heterocycles. The van der Waals surface area contributed by atoms with Crippen molar-refractivity contribution in [1.29, 1.82) is 0 Å². The van der Waals surface area contributed by atoms with Crippen molar-refractivity contribution in [3.05, 3.63) is 51.7 Å². The average molecular weight is 403 g/mol. The van der Waals surface area contributed by atoms with Crippen LogP contribution in [0.4, 0.5) is 5.69 Å². The molecular weight excluding hydrogens is 376 g/mol. The highest BCUT2D eigenvalue weighted by molar-refractivity contribution is 7.13. The number of nitrogens with one attached hydrogen (secondary N) is 2. The Kier molecular flexibility index (Phi) is 6.96. The third-order valence-electron chi connectivity index (χ3n) is 4.05. The monoisotopic (exact) mass is 402 g/mol. The molecule has 7 heteroatoms. The molecule has 2 N–H and O–H groups in total. The molecule has 0 saturated carbocycles. The van der Waals surface area contributed by atoms with Gasteiger partial charge in [-0.1, -0.05) is 32.9 Å². The number of thiophene rings is 1. The van der Waals surface area contributed by atoms with Gasteiger partial charge in [0.15, 0.2) is 6.10 Å². The lowest BCUT2D eigenvalue weighted by Crippen LogP contribution is -2.35. The molecule has 1 unspecified atom stereocenters. The van der Waals surface area contributed by atoms with Gasteiger partial charge in [-0.15, -0.1) is 11.3 Å².